The average Bonchev–Trinajstić information content (AvgIpc) is 2.08. The van der Waals surface area contributed by atoms with Crippen molar-refractivity contribution in [2.45, 2.75) is 66.1 Å². The van der Waals surface area contributed by atoms with Gasteiger partial charge in [-0.25, -0.2) is 0 Å². The molecule has 0 aromatic carbocycles. The van der Waals surface area contributed by atoms with E-state index in [1.807, 2.05) is 53.9 Å². The van der Waals surface area contributed by atoms with Gasteiger partial charge in [-0.3, -0.25) is 0 Å². The zero-order valence-corrected chi connectivity index (χ0v) is 18.1. The minimum Gasteiger partial charge on any atom is -0.396 e. The molecule has 0 unspecified atom stereocenters. The normalized spacial score (nSPS) is 39.9. The highest BCUT2D eigenvalue weighted by molar-refractivity contribution is 6.81. The van der Waals surface area contributed by atoms with Crippen LogP contribution in [0.3, 0.4) is 0 Å². The van der Waals surface area contributed by atoms with Crippen molar-refractivity contribution < 1.29 is 25.3 Å². The number of hydrogen-bond acceptors (Lipinski definition) is 6. The smallest absolute Gasteiger partial charge is 0.396 e. The van der Waals surface area contributed by atoms with Crippen LogP contribution in [-0.2, 0) is 25.3 Å². The van der Waals surface area contributed by atoms with Crippen LogP contribution in [0.4, 0.5) is 0 Å². The lowest BCUT2D eigenvalue weighted by Gasteiger charge is -2.40. The van der Waals surface area contributed by atoms with Crippen LogP contribution in [0.2, 0.25) is 26.2 Å². The van der Waals surface area contributed by atoms with Crippen molar-refractivity contribution in [3.8, 4) is 0 Å². The summed E-state index contributed by atoms with van der Waals surface area (Å²) in [6.45, 7) is 15.7. The molecule has 1 saturated heterocycles. The molecule has 0 bridgehead atoms. The zero-order valence-electron chi connectivity index (χ0n) is 13.8. The highest BCUT2D eigenvalue weighted by atomic mass is 28.5. The van der Waals surface area contributed by atoms with Gasteiger partial charge in [0.1, 0.15) is 0 Å². The topological polar surface area (TPSA) is 55.4 Å². The second kappa shape index (κ2) is 7.26. The van der Waals surface area contributed by atoms with E-state index in [0.717, 1.165) is 0 Å². The predicted molar refractivity (Wildman–Crippen MR) is 86.0 cm³/mol. The first-order valence-electron chi connectivity index (χ1n) is 7.10. The second-order valence-corrected chi connectivity index (χ2v) is 15.6. The molecular weight excluding hydrogens is 328 g/mol. The van der Waals surface area contributed by atoms with Crippen molar-refractivity contribution in [1.82, 2.24) is 0 Å². The standard InChI is InChI=1S/C10H28O6Si4/c1-9(2)11-19(7)13-17(5)15-20(8,12-10(3)4)16-18(6)14-19/h9-10,17-18H,1-8H3. The molecule has 0 saturated carbocycles. The first-order valence-corrected chi connectivity index (χ1v) is 15.7. The Balaban J connectivity index is 2.82. The van der Waals surface area contributed by atoms with Crippen LogP contribution in [-0.4, -0.2) is 48.4 Å². The van der Waals surface area contributed by atoms with Gasteiger partial charge >= 0.3 is 36.2 Å². The summed E-state index contributed by atoms with van der Waals surface area (Å²) >= 11 is 0. The Morgan fingerprint density at radius 1 is 0.700 bits per heavy atom. The Morgan fingerprint density at radius 3 is 1.15 bits per heavy atom. The van der Waals surface area contributed by atoms with Gasteiger partial charge in [-0.15, -0.1) is 0 Å². The van der Waals surface area contributed by atoms with E-state index in [0.29, 0.717) is 0 Å². The molecule has 10 heteroatoms. The fourth-order valence-electron chi connectivity index (χ4n) is 2.28. The van der Waals surface area contributed by atoms with Gasteiger partial charge in [-0.2, -0.15) is 0 Å². The zero-order chi connectivity index (χ0) is 15.6. The molecule has 0 atom stereocenters. The number of hydrogen-bond donors (Lipinski definition) is 0. The first kappa shape index (κ1) is 18.7. The Kier molecular flexibility index (Phi) is 6.78. The van der Waals surface area contributed by atoms with Gasteiger partial charge in [0.25, 0.3) is 0 Å². The average molecular weight is 357 g/mol. The lowest BCUT2D eigenvalue weighted by atomic mass is 10.5. The van der Waals surface area contributed by atoms with Crippen molar-refractivity contribution in [1.29, 1.82) is 0 Å². The van der Waals surface area contributed by atoms with Gasteiger partial charge in [-0.1, -0.05) is 0 Å². The van der Waals surface area contributed by atoms with Gasteiger partial charge < -0.3 is 25.3 Å². The van der Waals surface area contributed by atoms with Gasteiger partial charge in [-0.05, 0) is 40.8 Å². The van der Waals surface area contributed by atoms with Gasteiger partial charge in [0.05, 0.1) is 0 Å². The van der Waals surface area contributed by atoms with Crippen molar-refractivity contribution >= 4 is 36.2 Å². The maximum absolute atomic E-state index is 6.06. The van der Waals surface area contributed by atoms with E-state index in [-0.39, 0.29) is 12.2 Å². The van der Waals surface area contributed by atoms with Gasteiger partial charge in [0.15, 0.2) is 0 Å². The molecule has 0 aromatic rings. The maximum Gasteiger partial charge on any atom is 0.479 e. The molecule has 0 aliphatic carbocycles. The third-order valence-corrected chi connectivity index (χ3v) is 16.4. The molecule has 120 valence electrons. The summed E-state index contributed by atoms with van der Waals surface area (Å²) in [5.41, 5.74) is 0. The third-order valence-electron chi connectivity index (χ3n) is 2.42. The molecule has 0 N–H and O–H groups in total. The highest BCUT2D eigenvalue weighted by Gasteiger charge is 2.49. The van der Waals surface area contributed by atoms with Crippen LogP contribution >= 0.6 is 0 Å². The van der Waals surface area contributed by atoms with Crippen LogP contribution in [0.15, 0.2) is 0 Å². The third kappa shape index (κ3) is 6.17. The molecule has 1 rings (SSSR count). The summed E-state index contributed by atoms with van der Waals surface area (Å²) in [6, 6.07) is 0. The van der Waals surface area contributed by atoms with Gasteiger partial charge in [0, 0.05) is 25.3 Å². The molecule has 0 amide bonds. The van der Waals surface area contributed by atoms with Crippen LogP contribution < -0.4 is 0 Å². The molecule has 1 aliphatic rings. The van der Waals surface area contributed by atoms with Gasteiger partial charge in [0.2, 0.25) is 0 Å². The fraction of sp³-hybridized carbons (Fsp3) is 1.00. The van der Waals surface area contributed by atoms with Crippen LogP contribution in [0.25, 0.3) is 0 Å². The quantitative estimate of drug-likeness (QED) is 0.715. The van der Waals surface area contributed by atoms with Crippen LogP contribution in [0.5, 0.6) is 0 Å². The minimum absolute atomic E-state index is 0.0593. The maximum atomic E-state index is 6.06. The Bertz CT molecular complexity index is 274. The highest BCUT2D eigenvalue weighted by Crippen LogP contribution is 2.24. The summed E-state index contributed by atoms with van der Waals surface area (Å²) in [5.74, 6) is 0. The van der Waals surface area contributed by atoms with E-state index < -0.39 is 36.2 Å². The molecule has 1 heterocycles. The summed E-state index contributed by atoms with van der Waals surface area (Å²) in [5, 5.41) is 0. The van der Waals surface area contributed by atoms with Crippen LogP contribution in [0.1, 0.15) is 27.7 Å². The Morgan fingerprint density at radius 2 is 0.950 bits per heavy atom. The molecule has 0 spiro atoms. The number of rotatable bonds is 4. The largest absolute Gasteiger partial charge is 0.479 e. The Hall–Kier alpha value is 0.628. The molecule has 1 fully saturated rings. The lowest BCUT2D eigenvalue weighted by Crippen LogP contribution is -2.61. The predicted octanol–water partition coefficient (Wildman–Crippen LogP) is 1.75. The first-order chi connectivity index (χ1) is 9.03. The SMILES string of the molecule is CC(C)O[Si]1(C)O[SiH](C)O[Si](C)(OC(C)C)O[SiH](C)O1. The summed E-state index contributed by atoms with van der Waals surface area (Å²) in [4.78, 5) is 0. The van der Waals surface area contributed by atoms with E-state index in [9.17, 15) is 0 Å². The monoisotopic (exact) mass is 356 g/mol. The molecule has 1 aliphatic heterocycles. The molecule has 0 radical (unpaired) electrons. The van der Waals surface area contributed by atoms with E-state index in [4.69, 9.17) is 25.3 Å². The van der Waals surface area contributed by atoms with E-state index in [2.05, 4.69) is 0 Å². The van der Waals surface area contributed by atoms with Crippen LogP contribution in [0, 0.1) is 0 Å². The molecule has 0 aromatic heterocycles. The van der Waals surface area contributed by atoms with E-state index in [1.165, 1.54) is 0 Å². The minimum atomic E-state index is -2.67. The van der Waals surface area contributed by atoms with Crippen molar-refractivity contribution in [2.24, 2.45) is 0 Å². The lowest BCUT2D eigenvalue weighted by molar-refractivity contribution is 0.0768. The molecular formula is C10H28O6Si4. The van der Waals surface area contributed by atoms with E-state index >= 15 is 0 Å². The molecule has 20 heavy (non-hydrogen) atoms. The van der Waals surface area contributed by atoms with Crippen molar-refractivity contribution in [3.63, 3.8) is 0 Å². The summed E-state index contributed by atoms with van der Waals surface area (Å²) in [6.07, 6.45) is 0.119. The van der Waals surface area contributed by atoms with Crippen molar-refractivity contribution in [3.05, 3.63) is 0 Å². The summed E-state index contributed by atoms with van der Waals surface area (Å²) in [7, 11) is -9.18. The Labute approximate surface area is 128 Å². The summed E-state index contributed by atoms with van der Waals surface area (Å²) < 4.78 is 36.0. The second-order valence-electron chi connectivity index (χ2n) is 5.66. The van der Waals surface area contributed by atoms with Crippen molar-refractivity contribution in [2.75, 3.05) is 0 Å². The van der Waals surface area contributed by atoms with E-state index in [1.54, 1.807) is 0 Å². The fourth-order valence-corrected chi connectivity index (χ4v) is 17.2. The molecule has 6 nitrogen and oxygen atoms in total.